The largest absolute Gasteiger partial charge is 0.308 e. The first-order valence-corrected chi connectivity index (χ1v) is 7.45. The van der Waals surface area contributed by atoms with Gasteiger partial charge in [0.2, 0.25) is 0 Å². The lowest BCUT2D eigenvalue weighted by Gasteiger charge is -2.05. The maximum atomic E-state index is 12.0. The van der Waals surface area contributed by atoms with Gasteiger partial charge in [-0.2, -0.15) is 0 Å². The van der Waals surface area contributed by atoms with Crippen LogP contribution in [-0.2, 0) is 6.54 Å². The van der Waals surface area contributed by atoms with E-state index in [1.807, 2.05) is 24.6 Å². The van der Waals surface area contributed by atoms with Crippen molar-refractivity contribution in [2.45, 2.75) is 33.2 Å². The molecule has 0 saturated carbocycles. The van der Waals surface area contributed by atoms with E-state index in [1.165, 1.54) is 0 Å². The number of thiazole rings is 1. The molecule has 0 spiro atoms. The molecule has 0 N–H and O–H groups in total. The van der Waals surface area contributed by atoms with E-state index in [2.05, 4.69) is 34.8 Å². The molecule has 2 aromatic heterocycles. The lowest BCUT2D eigenvalue weighted by Crippen LogP contribution is -2.22. The normalized spacial score (nSPS) is 11.2. The Balaban J connectivity index is 2.31. The Morgan fingerprint density at radius 3 is 2.83 bits per heavy atom. The molecular formula is C13H15BrN2OS. The second-order valence-corrected chi connectivity index (χ2v) is 6.41. The van der Waals surface area contributed by atoms with Crippen molar-refractivity contribution in [3.8, 4) is 0 Å². The highest BCUT2D eigenvalue weighted by atomic mass is 79.9. The number of halogens is 1. The Morgan fingerprint density at radius 1 is 1.50 bits per heavy atom. The lowest BCUT2D eigenvalue weighted by molar-refractivity contribution is 0.726. The van der Waals surface area contributed by atoms with Crippen LogP contribution in [0.5, 0.6) is 0 Å². The first-order chi connectivity index (χ1) is 8.47. The van der Waals surface area contributed by atoms with E-state index in [9.17, 15) is 4.79 Å². The fraction of sp³-hybridized carbons (Fsp3) is 0.385. The summed E-state index contributed by atoms with van der Waals surface area (Å²) in [4.78, 5) is 16.5. The van der Waals surface area contributed by atoms with E-state index in [-0.39, 0.29) is 5.56 Å². The molecule has 0 fully saturated rings. The minimum atomic E-state index is 0.0392. The predicted octanol–water partition coefficient (Wildman–Crippen LogP) is 3.55. The van der Waals surface area contributed by atoms with Crippen LogP contribution in [0.15, 0.2) is 26.9 Å². The standard InChI is InChI=1S/C13H15BrN2OS/c1-8(2)12-15-11(7-18-12)6-16-5-10(14)4-9(3)13(16)17/h4-5,7-8H,6H2,1-3H3. The Morgan fingerprint density at radius 2 is 2.22 bits per heavy atom. The molecule has 3 nitrogen and oxygen atoms in total. The van der Waals surface area contributed by atoms with Gasteiger partial charge in [0.1, 0.15) is 0 Å². The van der Waals surface area contributed by atoms with Crippen molar-refractivity contribution in [1.82, 2.24) is 9.55 Å². The first kappa shape index (κ1) is 13.5. The number of rotatable bonds is 3. The third kappa shape index (κ3) is 2.90. The minimum Gasteiger partial charge on any atom is -0.308 e. The Labute approximate surface area is 119 Å². The quantitative estimate of drug-likeness (QED) is 0.864. The van der Waals surface area contributed by atoms with Crippen molar-refractivity contribution in [1.29, 1.82) is 0 Å². The molecule has 18 heavy (non-hydrogen) atoms. The summed E-state index contributed by atoms with van der Waals surface area (Å²) in [7, 11) is 0. The number of hydrogen-bond donors (Lipinski definition) is 0. The second-order valence-electron chi connectivity index (χ2n) is 4.61. The van der Waals surface area contributed by atoms with Gasteiger partial charge in [0.25, 0.3) is 5.56 Å². The van der Waals surface area contributed by atoms with Gasteiger partial charge in [0.15, 0.2) is 0 Å². The lowest BCUT2D eigenvalue weighted by atomic mass is 10.2. The summed E-state index contributed by atoms with van der Waals surface area (Å²) >= 11 is 5.06. The SMILES string of the molecule is Cc1cc(Br)cn(Cc2csc(C(C)C)n2)c1=O. The van der Waals surface area contributed by atoms with Crippen molar-refractivity contribution in [2.75, 3.05) is 0 Å². The first-order valence-electron chi connectivity index (χ1n) is 5.78. The van der Waals surface area contributed by atoms with Crippen molar-refractivity contribution in [2.24, 2.45) is 0 Å². The Hall–Kier alpha value is -0.940. The van der Waals surface area contributed by atoms with E-state index in [4.69, 9.17) is 0 Å². The van der Waals surface area contributed by atoms with Gasteiger partial charge in [0, 0.05) is 27.5 Å². The maximum Gasteiger partial charge on any atom is 0.253 e. The fourth-order valence-electron chi connectivity index (χ4n) is 1.69. The van der Waals surface area contributed by atoms with E-state index < -0.39 is 0 Å². The summed E-state index contributed by atoms with van der Waals surface area (Å²) in [6, 6.07) is 1.83. The number of nitrogens with zero attached hydrogens (tertiary/aromatic N) is 2. The van der Waals surface area contributed by atoms with E-state index >= 15 is 0 Å². The molecule has 5 heteroatoms. The highest BCUT2D eigenvalue weighted by molar-refractivity contribution is 9.10. The number of aryl methyl sites for hydroxylation is 1. The zero-order valence-electron chi connectivity index (χ0n) is 10.6. The summed E-state index contributed by atoms with van der Waals surface area (Å²) in [5.41, 5.74) is 1.73. The summed E-state index contributed by atoms with van der Waals surface area (Å²) in [5, 5.41) is 3.14. The number of aromatic nitrogens is 2. The van der Waals surface area contributed by atoms with Gasteiger partial charge in [-0.1, -0.05) is 13.8 Å². The summed E-state index contributed by atoms with van der Waals surface area (Å²) < 4.78 is 2.61. The van der Waals surface area contributed by atoms with E-state index in [0.29, 0.717) is 12.5 Å². The second kappa shape index (κ2) is 5.36. The number of pyridine rings is 1. The zero-order valence-corrected chi connectivity index (χ0v) is 13.0. The van der Waals surface area contributed by atoms with E-state index in [0.717, 1.165) is 20.7 Å². The van der Waals surface area contributed by atoms with E-state index in [1.54, 1.807) is 15.9 Å². The number of hydrogen-bond acceptors (Lipinski definition) is 3. The molecule has 0 saturated heterocycles. The molecule has 0 amide bonds. The summed E-state index contributed by atoms with van der Waals surface area (Å²) in [6.07, 6.45) is 1.81. The fourth-order valence-corrected chi connectivity index (χ4v) is 3.11. The average molecular weight is 327 g/mol. The molecule has 0 atom stereocenters. The highest BCUT2D eigenvalue weighted by Crippen LogP contribution is 2.19. The van der Waals surface area contributed by atoms with Gasteiger partial charge < -0.3 is 4.57 Å². The summed E-state index contributed by atoms with van der Waals surface area (Å²) in [5.74, 6) is 0.435. The Kier molecular flexibility index (Phi) is 4.02. The molecule has 96 valence electrons. The third-order valence-electron chi connectivity index (χ3n) is 2.63. The van der Waals surface area contributed by atoms with Crippen LogP contribution in [0.4, 0.5) is 0 Å². The molecule has 0 aromatic carbocycles. The van der Waals surface area contributed by atoms with Crippen LogP contribution >= 0.6 is 27.3 Å². The molecule has 0 unspecified atom stereocenters. The smallest absolute Gasteiger partial charge is 0.253 e. The monoisotopic (exact) mass is 326 g/mol. The van der Waals surface area contributed by atoms with Gasteiger partial charge in [-0.25, -0.2) is 4.98 Å². The predicted molar refractivity (Wildman–Crippen MR) is 78.4 cm³/mol. The molecule has 2 rings (SSSR count). The topological polar surface area (TPSA) is 34.9 Å². The maximum absolute atomic E-state index is 12.0. The van der Waals surface area contributed by atoms with Gasteiger partial charge >= 0.3 is 0 Å². The summed E-state index contributed by atoms with van der Waals surface area (Å²) in [6.45, 7) is 6.60. The van der Waals surface area contributed by atoms with Crippen LogP contribution in [-0.4, -0.2) is 9.55 Å². The molecule has 2 heterocycles. The van der Waals surface area contributed by atoms with Gasteiger partial charge in [0.05, 0.1) is 17.2 Å². The van der Waals surface area contributed by atoms with Crippen LogP contribution in [0.3, 0.4) is 0 Å². The molecule has 0 aliphatic rings. The zero-order chi connectivity index (χ0) is 13.3. The minimum absolute atomic E-state index is 0.0392. The van der Waals surface area contributed by atoms with Crippen molar-refractivity contribution < 1.29 is 0 Å². The van der Waals surface area contributed by atoms with Gasteiger partial charge in [-0.05, 0) is 28.9 Å². The van der Waals surface area contributed by atoms with Gasteiger partial charge in [-0.15, -0.1) is 11.3 Å². The molecule has 0 aliphatic carbocycles. The van der Waals surface area contributed by atoms with Crippen LogP contribution < -0.4 is 5.56 Å². The molecule has 0 bridgehead atoms. The molecule has 0 radical (unpaired) electrons. The van der Waals surface area contributed by atoms with Crippen LogP contribution in [0.25, 0.3) is 0 Å². The van der Waals surface area contributed by atoms with Crippen molar-refractivity contribution >= 4 is 27.3 Å². The molecular weight excluding hydrogens is 312 g/mol. The van der Waals surface area contributed by atoms with Crippen LogP contribution in [0.2, 0.25) is 0 Å². The van der Waals surface area contributed by atoms with Gasteiger partial charge in [-0.3, -0.25) is 4.79 Å². The third-order valence-corrected chi connectivity index (χ3v) is 4.26. The molecule has 0 aliphatic heterocycles. The molecule has 2 aromatic rings. The van der Waals surface area contributed by atoms with Crippen LogP contribution in [0.1, 0.15) is 36.0 Å². The van der Waals surface area contributed by atoms with Crippen molar-refractivity contribution in [3.05, 3.63) is 48.7 Å². The highest BCUT2D eigenvalue weighted by Gasteiger charge is 2.08. The van der Waals surface area contributed by atoms with Crippen molar-refractivity contribution in [3.63, 3.8) is 0 Å². The van der Waals surface area contributed by atoms with Crippen LogP contribution in [0, 0.1) is 6.92 Å². The average Bonchev–Trinajstić information content (AvgIpc) is 2.74. The Bertz CT molecular complexity index is 616.